The molecular formula is C12H11NO6. The lowest BCUT2D eigenvalue weighted by atomic mass is 10.2. The van der Waals surface area contributed by atoms with E-state index in [-0.39, 0.29) is 11.3 Å². The Bertz CT molecular complexity index is 549. The molecule has 1 aromatic carbocycles. The van der Waals surface area contributed by atoms with Gasteiger partial charge in [-0.1, -0.05) is 0 Å². The van der Waals surface area contributed by atoms with Crippen LogP contribution in [-0.4, -0.2) is 35.2 Å². The van der Waals surface area contributed by atoms with Crippen molar-refractivity contribution in [3.8, 4) is 5.75 Å². The molecule has 0 aromatic heterocycles. The quantitative estimate of drug-likeness (QED) is 0.421. The minimum Gasteiger partial charge on any atom is -0.507 e. The molecule has 1 amide bonds. The van der Waals surface area contributed by atoms with Gasteiger partial charge in [-0.15, -0.1) is 0 Å². The second kappa shape index (κ2) is 6.20. The number of methoxy groups -OCH3 is 1. The van der Waals surface area contributed by atoms with Crippen LogP contribution in [0.5, 0.6) is 5.75 Å². The molecule has 0 atom stereocenters. The standard InChI is InChI=1S/C12H11NO6/c1-19-11(16)5-4-10(15)13-7-2-3-9(14)8(6-7)12(17)18/h2-6,14H,1H3,(H,13,15)(H,17,18)/b5-4-. The molecule has 0 saturated heterocycles. The van der Waals surface area contributed by atoms with E-state index in [0.29, 0.717) is 0 Å². The van der Waals surface area contributed by atoms with Gasteiger partial charge in [0.1, 0.15) is 11.3 Å². The topological polar surface area (TPSA) is 113 Å². The number of nitrogens with one attached hydrogen (secondary N) is 1. The van der Waals surface area contributed by atoms with Gasteiger partial charge in [-0.25, -0.2) is 9.59 Å². The first-order valence-corrected chi connectivity index (χ1v) is 5.07. The summed E-state index contributed by atoms with van der Waals surface area (Å²) in [5.74, 6) is -3.05. The van der Waals surface area contributed by atoms with E-state index in [9.17, 15) is 19.5 Å². The van der Waals surface area contributed by atoms with Crippen LogP contribution in [0.15, 0.2) is 30.4 Å². The molecule has 0 bridgehead atoms. The SMILES string of the molecule is COC(=O)/C=C\C(=O)Nc1ccc(O)c(C(=O)O)c1. The Morgan fingerprint density at radius 3 is 2.53 bits per heavy atom. The number of phenols is 1. The summed E-state index contributed by atoms with van der Waals surface area (Å²) >= 11 is 0. The van der Waals surface area contributed by atoms with Crippen LogP contribution < -0.4 is 5.32 Å². The summed E-state index contributed by atoms with van der Waals surface area (Å²) in [5, 5.41) is 20.4. The maximum atomic E-state index is 11.4. The summed E-state index contributed by atoms with van der Waals surface area (Å²) in [6.07, 6.45) is 1.87. The highest BCUT2D eigenvalue weighted by Gasteiger charge is 2.10. The van der Waals surface area contributed by atoms with Gasteiger partial charge in [-0.3, -0.25) is 4.79 Å². The second-order valence-electron chi connectivity index (χ2n) is 3.38. The van der Waals surface area contributed by atoms with Crippen LogP contribution in [0.2, 0.25) is 0 Å². The number of carbonyl (C=O) groups excluding carboxylic acids is 2. The van der Waals surface area contributed by atoms with Crippen molar-refractivity contribution in [3.63, 3.8) is 0 Å². The highest BCUT2D eigenvalue weighted by atomic mass is 16.5. The maximum absolute atomic E-state index is 11.4. The van der Waals surface area contributed by atoms with E-state index >= 15 is 0 Å². The summed E-state index contributed by atoms with van der Waals surface area (Å²) in [6.45, 7) is 0. The first kappa shape index (κ1) is 14.2. The van der Waals surface area contributed by atoms with Crippen LogP contribution in [0, 0.1) is 0 Å². The molecule has 100 valence electrons. The molecule has 0 aliphatic heterocycles. The van der Waals surface area contributed by atoms with Crippen molar-refractivity contribution in [3.05, 3.63) is 35.9 Å². The smallest absolute Gasteiger partial charge is 0.339 e. The van der Waals surface area contributed by atoms with Gasteiger partial charge in [0, 0.05) is 17.8 Å². The van der Waals surface area contributed by atoms with E-state index in [1.54, 1.807) is 0 Å². The van der Waals surface area contributed by atoms with Crippen LogP contribution in [-0.2, 0) is 14.3 Å². The number of hydrogen-bond donors (Lipinski definition) is 3. The lowest BCUT2D eigenvalue weighted by Gasteiger charge is -2.05. The van der Waals surface area contributed by atoms with Gasteiger partial charge in [0.25, 0.3) is 0 Å². The van der Waals surface area contributed by atoms with Crippen molar-refractivity contribution in [2.24, 2.45) is 0 Å². The van der Waals surface area contributed by atoms with Crippen molar-refractivity contribution in [1.82, 2.24) is 0 Å². The molecule has 7 nitrogen and oxygen atoms in total. The lowest BCUT2D eigenvalue weighted by molar-refractivity contribution is -0.135. The predicted octanol–water partition coefficient (Wildman–Crippen LogP) is 0.758. The molecule has 0 spiro atoms. The maximum Gasteiger partial charge on any atom is 0.339 e. The Labute approximate surface area is 108 Å². The molecule has 19 heavy (non-hydrogen) atoms. The predicted molar refractivity (Wildman–Crippen MR) is 64.9 cm³/mol. The van der Waals surface area contributed by atoms with Crippen molar-refractivity contribution in [2.45, 2.75) is 0 Å². The molecule has 3 N–H and O–H groups in total. The van der Waals surface area contributed by atoms with E-state index < -0.39 is 23.6 Å². The third-order valence-corrected chi connectivity index (χ3v) is 2.07. The molecule has 0 radical (unpaired) electrons. The third-order valence-electron chi connectivity index (χ3n) is 2.07. The Hall–Kier alpha value is -2.83. The van der Waals surface area contributed by atoms with E-state index in [0.717, 1.165) is 24.3 Å². The van der Waals surface area contributed by atoms with Crippen molar-refractivity contribution in [2.75, 3.05) is 12.4 Å². The minimum atomic E-state index is -1.32. The Morgan fingerprint density at radius 2 is 1.95 bits per heavy atom. The summed E-state index contributed by atoms with van der Waals surface area (Å²) in [5.41, 5.74) is -0.163. The molecule has 0 heterocycles. The van der Waals surface area contributed by atoms with Crippen molar-refractivity contribution >= 4 is 23.5 Å². The van der Waals surface area contributed by atoms with Gasteiger partial charge in [-0.2, -0.15) is 0 Å². The third kappa shape index (κ3) is 4.15. The number of amides is 1. The van der Waals surface area contributed by atoms with Crippen LogP contribution >= 0.6 is 0 Å². The largest absolute Gasteiger partial charge is 0.507 e. The van der Waals surface area contributed by atoms with Gasteiger partial charge >= 0.3 is 11.9 Å². The number of aromatic carboxylic acids is 1. The Balaban J connectivity index is 2.80. The van der Waals surface area contributed by atoms with Gasteiger partial charge < -0.3 is 20.3 Å². The van der Waals surface area contributed by atoms with E-state index in [4.69, 9.17) is 5.11 Å². The summed E-state index contributed by atoms with van der Waals surface area (Å²) in [4.78, 5) is 32.9. The Morgan fingerprint density at radius 1 is 1.26 bits per heavy atom. The fourth-order valence-corrected chi connectivity index (χ4v) is 1.18. The van der Waals surface area contributed by atoms with Crippen LogP contribution in [0.4, 0.5) is 5.69 Å². The molecule has 0 saturated carbocycles. The zero-order valence-electron chi connectivity index (χ0n) is 9.91. The average molecular weight is 265 g/mol. The van der Waals surface area contributed by atoms with Crippen molar-refractivity contribution in [1.29, 1.82) is 0 Å². The van der Waals surface area contributed by atoms with Gasteiger partial charge in [0.15, 0.2) is 0 Å². The highest BCUT2D eigenvalue weighted by Crippen LogP contribution is 2.21. The number of ether oxygens (including phenoxy) is 1. The minimum absolute atomic E-state index is 0.176. The molecule has 0 fully saturated rings. The first-order chi connectivity index (χ1) is 8.93. The Kier molecular flexibility index (Phi) is 4.64. The molecule has 1 rings (SSSR count). The molecule has 1 aromatic rings. The van der Waals surface area contributed by atoms with E-state index in [1.165, 1.54) is 13.2 Å². The van der Waals surface area contributed by atoms with Gasteiger partial charge in [0.05, 0.1) is 7.11 Å². The number of rotatable bonds is 4. The van der Waals surface area contributed by atoms with Crippen LogP contribution in [0.1, 0.15) is 10.4 Å². The molecule has 0 unspecified atom stereocenters. The monoisotopic (exact) mass is 265 g/mol. The number of esters is 1. The first-order valence-electron chi connectivity index (χ1n) is 5.07. The fraction of sp³-hybridized carbons (Fsp3) is 0.0833. The summed E-state index contributed by atoms with van der Waals surface area (Å²) < 4.78 is 4.30. The number of carboxylic acid groups (broad SMARTS) is 1. The summed E-state index contributed by atoms with van der Waals surface area (Å²) in [7, 11) is 1.17. The number of hydrogen-bond acceptors (Lipinski definition) is 5. The van der Waals surface area contributed by atoms with E-state index in [2.05, 4.69) is 10.1 Å². The van der Waals surface area contributed by atoms with Crippen molar-refractivity contribution < 1.29 is 29.3 Å². The zero-order chi connectivity index (χ0) is 14.4. The number of carbonyl (C=O) groups is 3. The number of carboxylic acids is 1. The molecule has 0 aliphatic rings. The molecule has 0 aliphatic carbocycles. The zero-order valence-corrected chi connectivity index (χ0v) is 9.91. The lowest BCUT2D eigenvalue weighted by Crippen LogP contribution is -2.10. The molecular weight excluding hydrogens is 254 g/mol. The summed E-state index contributed by atoms with van der Waals surface area (Å²) in [6, 6.07) is 3.57. The normalized spacial score (nSPS) is 10.2. The number of aromatic hydroxyl groups is 1. The second-order valence-corrected chi connectivity index (χ2v) is 3.38. The van der Waals surface area contributed by atoms with Gasteiger partial charge in [-0.05, 0) is 18.2 Å². The van der Waals surface area contributed by atoms with Crippen LogP contribution in [0.25, 0.3) is 0 Å². The number of anilines is 1. The van der Waals surface area contributed by atoms with Crippen LogP contribution in [0.3, 0.4) is 0 Å². The highest BCUT2D eigenvalue weighted by molar-refractivity contribution is 6.03. The van der Waals surface area contributed by atoms with Gasteiger partial charge in [0.2, 0.25) is 5.91 Å². The average Bonchev–Trinajstić information content (AvgIpc) is 2.37. The van der Waals surface area contributed by atoms with E-state index in [1.807, 2.05) is 0 Å². The molecule has 7 heteroatoms. The number of benzene rings is 1. The fourth-order valence-electron chi connectivity index (χ4n) is 1.18.